The van der Waals surface area contributed by atoms with Crippen LogP contribution in [0.1, 0.15) is 5.56 Å². The molecule has 0 fully saturated rings. The number of hydrogen-bond acceptors (Lipinski definition) is 2. The summed E-state index contributed by atoms with van der Waals surface area (Å²) < 4.78 is 39.4. The van der Waals surface area contributed by atoms with Crippen LogP contribution in [0.3, 0.4) is 0 Å². The fourth-order valence-corrected chi connectivity index (χ4v) is 2.16. The molecule has 23 heavy (non-hydrogen) atoms. The Bertz CT molecular complexity index is 792. The number of hydrogen-bond donors (Lipinski definition) is 0. The molecule has 0 radical (unpaired) electrons. The molecule has 0 amide bonds. The fourth-order valence-electron chi connectivity index (χ4n) is 1.72. The summed E-state index contributed by atoms with van der Waals surface area (Å²) in [5.41, 5.74) is 0.896. The molecule has 0 spiro atoms. The van der Waals surface area contributed by atoms with Crippen molar-refractivity contribution in [2.24, 2.45) is 0 Å². The van der Waals surface area contributed by atoms with Gasteiger partial charge in [-0.3, -0.25) is 0 Å². The van der Waals surface area contributed by atoms with E-state index >= 15 is 0 Å². The van der Waals surface area contributed by atoms with Crippen LogP contribution in [0.5, 0.6) is 0 Å². The maximum absolute atomic E-state index is 13.0. The van der Waals surface area contributed by atoms with Gasteiger partial charge in [-0.05, 0) is 30.3 Å². The van der Waals surface area contributed by atoms with Crippen LogP contribution >= 0.6 is 15.9 Å². The average molecular weight is 380 g/mol. The summed E-state index contributed by atoms with van der Waals surface area (Å²) in [6, 6.07) is 9.26. The first-order valence-electron chi connectivity index (χ1n) is 6.28. The van der Waals surface area contributed by atoms with E-state index in [1.807, 2.05) is 6.07 Å². The zero-order valence-electron chi connectivity index (χ0n) is 11.5. The van der Waals surface area contributed by atoms with Gasteiger partial charge >= 0.3 is 0 Å². The molecular weight excluding hydrogens is 371 g/mol. The van der Waals surface area contributed by atoms with Gasteiger partial charge in [0, 0.05) is 22.9 Å². The Morgan fingerprint density at radius 2 is 1.61 bits per heavy atom. The van der Waals surface area contributed by atoms with E-state index in [2.05, 4.69) is 20.9 Å². The van der Waals surface area contributed by atoms with Crippen molar-refractivity contribution in [2.75, 3.05) is 0 Å². The minimum atomic E-state index is -0.568. The summed E-state index contributed by atoms with van der Waals surface area (Å²) in [6.45, 7) is 0. The van der Waals surface area contributed by atoms with Crippen LogP contribution in [0.15, 0.2) is 59.6 Å². The molecule has 3 nitrogen and oxygen atoms in total. The number of imidazole rings is 1. The molecular formula is C16H9BrF3N3. The lowest BCUT2D eigenvalue weighted by molar-refractivity contribution is 0.582. The van der Waals surface area contributed by atoms with E-state index < -0.39 is 17.5 Å². The second-order valence-electron chi connectivity index (χ2n) is 4.37. The van der Waals surface area contributed by atoms with Crippen molar-refractivity contribution in [1.82, 2.24) is 9.55 Å². The van der Waals surface area contributed by atoms with Gasteiger partial charge < -0.3 is 4.57 Å². The Kier molecular flexibility index (Phi) is 5.55. The van der Waals surface area contributed by atoms with Gasteiger partial charge in [-0.25, -0.2) is 18.2 Å². The first-order valence-corrected chi connectivity index (χ1v) is 7.08. The monoisotopic (exact) mass is 379 g/mol. The van der Waals surface area contributed by atoms with Crippen LogP contribution in [0, 0.1) is 28.8 Å². The van der Waals surface area contributed by atoms with Gasteiger partial charge in [0.1, 0.15) is 17.5 Å². The summed E-state index contributed by atoms with van der Waals surface area (Å²) in [7, 11) is 0. The molecule has 0 N–H and O–H groups in total. The van der Waals surface area contributed by atoms with E-state index in [4.69, 9.17) is 5.26 Å². The Labute approximate surface area is 138 Å². The predicted molar refractivity (Wildman–Crippen MR) is 82.3 cm³/mol. The van der Waals surface area contributed by atoms with Crippen LogP contribution in [-0.2, 0) is 0 Å². The molecule has 0 aliphatic carbocycles. The number of aromatic nitrogens is 2. The molecule has 3 rings (SSSR count). The van der Waals surface area contributed by atoms with Crippen molar-refractivity contribution in [2.45, 2.75) is 0 Å². The third-order valence-corrected chi connectivity index (χ3v) is 3.10. The van der Waals surface area contributed by atoms with Gasteiger partial charge in [0.05, 0.1) is 23.6 Å². The normalized spacial score (nSPS) is 9.70. The van der Waals surface area contributed by atoms with Crippen LogP contribution in [-0.4, -0.2) is 9.55 Å². The molecule has 116 valence electrons. The highest BCUT2D eigenvalue weighted by molar-refractivity contribution is 9.10. The highest BCUT2D eigenvalue weighted by Gasteiger charge is 2.01. The van der Waals surface area contributed by atoms with Crippen molar-refractivity contribution in [1.29, 1.82) is 5.26 Å². The SMILES string of the molecule is Fc1cc(F)cc(Br)c1.N#Cc1cc(F)cc(-n2ccnc2)c1. The molecule has 0 aliphatic rings. The molecule has 0 bridgehead atoms. The number of benzene rings is 2. The molecule has 0 atom stereocenters. The smallest absolute Gasteiger partial charge is 0.127 e. The molecule has 0 unspecified atom stereocenters. The van der Waals surface area contributed by atoms with Gasteiger partial charge in [-0.1, -0.05) is 15.9 Å². The van der Waals surface area contributed by atoms with Crippen molar-refractivity contribution in [3.05, 3.63) is 82.6 Å². The first kappa shape index (κ1) is 16.8. The van der Waals surface area contributed by atoms with Crippen LogP contribution in [0.4, 0.5) is 13.2 Å². The number of nitriles is 1. The lowest BCUT2D eigenvalue weighted by Gasteiger charge is -2.01. The zero-order valence-corrected chi connectivity index (χ0v) is 13.1. The number of rotatable bonds is 1. The lowest BCUT2D eigenvalue weighted by Crippen LogP contribution is -1.92. The average Bonchev–Trinajstić information content (AvgIpc) is 3.00. The topological polar surface area (TPSA) is 41.6 Å². The minimum absolute atomic E-state index is 0.300. The van der Waals surface area contributed by atoms with Gasteiger partial charge in [-0.2, -0.15) is 5.26 Å². The predicted octanol–water partition coefficient (Wildman–Crippen LogP) is 4.61. The first-order chi connectivity index (χ1) is 11.0. The molecule has 0 aliphatic heterocycles. The minimum Gasteiger partial charge on any atom is -0.306 e. The third-order valence-electron chi connectivity index (χ3n) is 2.64. The van der Waals surface area contributed by atoms with E-state index in [0.717, 1.165) is 6.07 Å². The van der Waals surface area contributed by atoms with Gasteiger partial charge in [0.15, 0.2) is 0 Å². The second kappa shape index (κ2) is 7.61. The Balaban J connectivity index is 0.000000185. The van der Waals surface area contributed by atoms with Crippen molar-refractivity contribution in [3.8, 4) is 11.8 Å². The van der Waals surface area contributed by atoms with Crippen LogP contribution in [0.25, 0.3) is 5.69 Å². The van der Waals surface area contributed by atoms with E-state index in [0.29, 0.717) is 15.7 Å². The quantitative estimate of drug-likeness (QED) is 0.619. The molecule has 1 aromatic heterocycles. The lowest BCUT2D eigenvalue weighted by atomic mass is 10.2. The zero-order chi connectivity index (χ0) is 16.8. The molecule has 0 saturated heterocycles. The number of halogens is 4. The highest BCUT2D eigenvalue weighted by atomic mass is 79.9. The summed E-state index contributed by atoms with van der Waals surface area (Å²) in [5, 5.41) is 8.64. The Hall–Kier alpha value is -2.59. The summed E-state index contributed by atoms with van der Waals surface area (Å²) in [6.07, 6.45) is 4.84. The fraction of sp³-hybridized carbons (Fsp3) is 0. The standard InChI is InChI=1S/C10H6FN3.C6H3BrF2/c11-9-3-8(6-12)4-10(5-9)14-2-1-13-7-14;7-4-1-5(8)3-6(9)2-4/h1-5,7H;1-3H. The van der Waals surface area contributed by atoms with Crippen molar-refractivity contribution < 1.29 is 13.2 Å². The summed E-state index contributed by atoms with van der Waals surface area (Å²) in [5.74, 6) is -1.56. The highest BCUT2D eigenvalue weighted by Crippen LogP contribution is 2.13. The Morgan fingerprint density at radius 1 is 0.957 bits per heavy atom. The van der Waals surface area contributed by atoms with Crippen molar-refractivity contribution >= 4 is 15.9 Å². The maximum Gasteiger partial charge on any atom is 0.127 e. The van der Waals surface area contributed by atoms with Crippen LogP contribution in [0.2, 0.25) is 0 Å². The third kappa shape index (κ3) is 4.97. The molecule has 2 aromatic carbocycles. The summed E-state index contributed by atoms with van der Waals surface area (Å²) in [4.78, 5) is 3.84. The van der Waals surface area contributed by atoms with Gasteiger partial charge in [0.25, 0.3) is 0 Å². The summed E-state index contributed by atoms with van der Waals surface area (Å²) >= 11 is 2.93. The van der Waals surface area contributed by atoms with E-state index in [-0.39, 0.29) is 0 Å². The van der Waals surface area contributed by atoms with E-state index in [9.17, 15) is 13.2 Å². The largest absolute Gasteiger partial charge is 0.306 e. The molecule has 0 saturated carbocycles. The second-order valence-corrected chi connectivity index (χ2v) is 5.28. The van der Waals surface area contributed by atoms with Gasteiger partial charge in [0.2, 0.25) is 0 Å². The van der Waals surface area contributed by atoms with Crippen molar-refractivity contribution in [3.63, 3.8) is 0 Å². The Morgan fingerprint density at radius 3 is 2.13 bits per heavy atom. The molecule has 3 aromatic rings. The van der Waals surface area contributed by atoms with Crippen LogP contribution < -0.4 is 0 Å². The maximum atomic E-state index is 13.0. The van der Waals surface area contributed by atoms with E-state index in [1.54, 1.807) is 29.4 Å². The molecule has 1 heterocycles. The van der Waals surface area contributed by atoms with Gasteiger partial charge in [-0.15, -0.1) is 0 Å². The van der Waals surface area contributed by atoms with E-state index in [1.165, 1.54) is 24.3 Å². The molecule has 7 heteroatoms. The number of nitrogens with zero attached hydrogens (tertiary/aromatic N) is 3.